The molecule has 0 radical (unpaired) electrons. The lowest BCUT2D eigenvalue weighted by Crippen LogP contribution is -2.49. The molecular formula is C27H24Cl2N4O2. The molecule has 8 heteroatoms. The summed E-state index contributed by atoms with van der Waals surface area (Å²) in [6.07, 6.45) is -0.666. The molecule has 1 aliphatic heterocycles. The minimum Gasteiger partial charge on any atom is -0.479 e. The Bertz CT molecular complexity index is 1240. The van der Waals surface area contributed by atoms with Crippen LogP contribution in [-0.4, -0.2) is 42.8 Å². The zero-order chi connectivity index (χ0) is 24.8. The van der Waals surface area contributed by atoms with Crippen molar-refractivity contribution in [1.82, 2.24) is 4.90 Å². The zero-order valence-corrected chi connectivity index (χ0v) is 20.5. The first-order valence-corrected chi connectivity index (χ1v) is 12.0. The normalized spacial score (nSPS) is 16.8. The molecule has 3 aromatic rings. The second-order valence-corrected chi connectivity index (χ2v) is 9.17. The number of halogens is 2. The number of anilines is 1. The van der Waals surface area contributed by atoms with Gasteiger partial charge in [0.25, 0.3) is 0 Å². The van der Waals surface area contributed by atoms with Crippen molar-refractivity contribution >= 4 is 28.9 Å². The van der Waals surface area contributed by atoms with Crippen LogP contribution < -0.4 is 9.64 Å². The summed E-state index contributed by atoms with van der Waals surface area (Å²) < 4.78 is 5.39. The number of ether oxygens (including phenoxy) is 1. The molecule has 178 valence electrons. The van der Waals surface area contributed by atoms with Gasteiger partial charge in [0.2, 0.25) is 0 Å². The number of rotatable bonds is 7. The number of benzene rings is 3. The minimum absolute atomic E-state index is 0.0161. The van der Waals surface area contributed by atoms with Gasteiger partial charge in [-0.25, -0.2) is 0 Å². The van der Waals surface area contributed by atoms with Gasteiger partial charge in [-0.05, 0) is 47.5 Å². The standard InChI is InChI=1S/C27H24Cl2N4O2/c28-22-7-5-20(6-8-22)26-17-32(18-27(34)21-3-1-19(16-31)2-4-21)12-13-33(26)25-10-9-23(15-24(25)29)35-14-11-30/h1-10,15,26-27,34H,12-14,17-18H2/t26-,27+/m0/s1. The van der Waals surface area contributed by atoms with Crippen LogP contribution >= 0.6 is 23.2 Å². The van der Waals surface area contributed by atoms with Crippen LogP contribution in [0.1, 0.15) is 28.8 Å². The van der Waals surface area contributed by atoms with Crippen molar-refractivity contribution in [2.24, 2.45) is 0 Å². The SMILES string of the molecule is N#CCOc1ccc(N2CCN(C[C@@H](O)c3ccc(C#N)cc3)C[C@H]2c2ccc(Cl)cc2)c(Cl)c1. The minimum atomic E-state index is -0.666. The third kappa shape index (κ3) is 6.06. The van der Waals surface area contributed by atoms with E-state index in [-0.39, 0.29) is 12.6 Å². The van der Waals surface area contributed by atoms with Crippen molar-refractivity contribution in [2.45, 2.75) is 12.1 Å². The molecule has 3 aromatic carbocycles. The second kappa shape index (κ2) is 11.4. The zero-order valence-electron chi connectivity index (χ0n) is 18.9. The predicted molar refractivity (Wildman–Crippen MR) is 137 cm³/mol. The maximum atomic E-state index is 10.8. The van der Waals surface area contributed by atoms with Gasteiger partial charge in [0.15, 0.2) is 6.61 Å². The Hall–Kier alpha value is -3.26. The lowest BCUT2D eigenvalue weighted by Gasteiger charge is -2.44. The summed E-state index contributed by atoms with van der Waals surface area (Å²) in [5.41, 5.74) is 3.32. The Labute approximate surface area is 215 Å². The number of nitriles is 2. The fourth-order valence-corrected chi connectivity index (χ4v) is 4.72. The fourth-order valence-electron chi connectivity index (χ4n) is 4.32. The predicted octanol–water partition coefficient (Wildman–Crippen LogP) is 5.36. The highest BCUT2D eigenvalue weighted by Crippen LogP contribution is 2.37. The molecule has 1 heterocycles. The summed E-state index contributed by atoms with van der Waals surface area (Å²) in [5.74, 6) is 0.549. The van der Waals surface area contributed by atoms with Gasteiger partial charge in [0, 0.05) is 37.3 Å². The summed E-state index contributed by atoms with van der Waals surface area (Å²) in [4.78, 5) is 4.49. The summed E-state index contributed by atoms with van der Waals surface area (Å²) in [5, 5.41) is 29.8. The van der Waals surface area contributed by atoms with Crippen LogP contribution in [0.25, 0.3) is 0 Å². The van der Waals surface area contributed by atoms with Crippen LogP contribution in [0, 0.1) is 22.7 Å². The monoisotopic (exact) mass is 506 g/mol. The molecule has 0 aliphatic carbocycles. The molecule has 0 amide bonds. The van der Waals surface area contributed by atoms with Crippen LogP contribution in [0.3, 0.4) is 0 Å². The Balaban J connectivity index is 1.55. The first-order chi connectivity index (χ1) is 17.0. The average Bonchev–Trinajstić information content (AvgIpc) is 2.88. The van der Waals surface area contributed by atoms with Crippen molar-refractivity contribution in [3.63, 3.8) is 0 Å². The number of hydrogen-bond acceptors (Lipinski definition) is 6. The van der Waals surface area contributed by atoms with E-state index < -0.39 is 6.10 Å². The van der Waals surface area contributed by atoms with Crippen LogP contribution in [0.2, 0.25) is 10.0 Å². The molecule has 1 saturated heterocycles. The highest BCUT2D eigenvalue weighted by atomic mass is 35.5. The number of aliphatic hydroxyl groups is 1. The van der Waals surface area contributed by atoms with E-state index in [9.17, 15) is 5.11 Å². The lowest BCUT2D eigenvalue weighted by molar-refractivity contribution is 0.100. The largest absolute Gasteiger partial charge is 0.479 e. The Morgan fingerprint density at radius 1 is 1.00 bits per heavy atom. The Kier molecular flexibility index (Phi) is 8.13. The molecule has 2 atom stereocenters. The maximum absolute atomic E-state index is 10.8. The molecule has 0 unspecified atom stereocenters. The van der Waals surface area contributed by atoms with E-state index >= 15 is 0 Å². The van der Waals surface area contributed by atoms with Gasteiger partial charge < -0.3 is 14.7 Å². The number of aliphatic hydroxyl groups excluding tert-OH is 1. The molecule has 4 rings (SSSR count). The van der Waals surface area contributed by atoms with E-state index in [0.29, 0.717) is 41.0 Å². The molecule has 0 spiro atoms. The molecule has 0 aromatic heterocycles. The molecule has 6 nitrogen and oxygen atoms in total. The quantitative estimate of drug-likeness (QED) is 0.464. The lowest BCUT2D eigenvalue weighted by atomic mass is 10.00. The first kappa shape index (κ1) is 24.9. The van der Waals surface area contributed by atoms with Gasteiger partial charge in [0.05, 0.1) is 34.5 Å². The van der Waals surface area contributed by atoms with Crippen molar-refractivity contribution in [1.29, 1.82) is 10.5 Å². The summed E-state index contributed by atoms with van der Waals surface area (Å²) in [6, 6.07) is 24.3. The Morgan fingerprint density at radius 2 is 1.74 bits per heavy atom. The number of nitrogens with zero attached hydrogens (tertiary/aromatic N) is 4. The van der Waals surface area contributed by atoms with Gasteiger partial charge >= 0.3 is 0 Å². The summed E-state index contributed by atoms with van der Waals surface area (Å²) in [7, 11) is 0. The third-order valence-corrected chi connectivity index (χ3v) is 6.66. The molecular weight excluding hydrogens is 483 g/mol. The van der Waals surface area contributed by atoms with E-state index in [0.717, 1.165) is 23.4 Å². The smallest absolute Gasteiger partial charge is 0.174 e. The van der Waals surface area contributed by atoms with Crippen molar-refractivity contribution < 1.29 is 9.84 Å². The topological polar surface area (TPSA) is 83.5 Å². The van der Waals surface area contributed by atoms with Gasteiger partial charge in [0.1, 0.15) is 11.8 Å². The summed E-state index contributed by atoms with van der Waals surface area (Å²) in [6.45, 7) is 2.55. The van der Waals surface area contributed by atoms with Crippen LogP contribution in [0.5, 0.6) is 5.75 Å². The molecule has 0 bridgehead atoms. The highest BCUT2D eigenvalue weighted by Gasteiger charge is 2.31. The molecule has 35 heavy (non-hydrogen) atoms. The van der Waals surface area contributed by atoms with E-state index in [1.165, 1.54) is 0 Å². The van der Waals surface area contributed by atoms with Gasteiger partial charge in [-0.1, -0.05) is 47.5 Å². The van der Waals surface area contributed by atoms with E-state index in [4.69, 9.17) is 38.5 Å². The maximum Gasteiger partial charge on any atom is 0.174 e. The third-order valence-electron chi connectivity index (χ3n) is 6.11. The summed E-state index contributed by atoms with van der Waals surface area (Å²) >= 11 is 12.8. The molecule has 1 aliphatic rings. The van der Waals surface area contributed by atoms with Crippen molar-refractivity contribution in [3.8, 4) is 17.9 Å². The van der Waals surface area contributed by atoms with Crippen molar-refractivity contribution in [3.05, 3.63) is 93.5 Å². The Morgan fingerprint density at radius 3 is 2.40 bits per heavy atom. The fraction of sp³-hybridized carbons (Fsp3) is 0.259. The molecule has 1 N–H and O–H groups in total. The van der Waals surface area contributed by atoms with Gasteiger partial charge in [-0.2, -0.15) is 10.5 Å². The highest BCUT2D eigenvalue weighted by molar-refractivity contribution is 6.33. The van der Waals surface area contributed by atoms with E-state index in [1.807, 2.05) is 42.5 Å². The number of β-amino-alcohol motifs (C(OH)–C–C–N with tert-alkyl or cyclic N) is 1. The van der Waals surface area contributed by atoms with Gasteiger partial charge in [-0.15, -0.1) is 0 Å². The van der Waals surface area contributed by atoms with Crippen LogP contribution in [0.4, 0.5) is 5.69 Å². The average molecular weight is 507 g/mol. The first-order valence-electron chi connectivity index (χ1n) is 11.2. The number of piperazine rings is 1. The van der Waals surface area contributed by atoms with E-state index in [1.54, 1.807) is 30.3 Å². The number of hydrogen-bond donors (Lipinski definition) is 1. The van der Waals surface area contributed by atoms with E-state index in [2.05, 4.69) is 15.9 Å². The van der Waals surface area contributed by atoms with Crippen molar-refractivity contribution in [2.75, 3.05) is 37.7 Å². The van der Waals surface area contributed by atoms with Gasteiger partial charge in [-0.3, -0.25) is 4.90 Å². The van der Waals surface area contributed by atoms with Crippen LogP contribution in [0.15, 0.2) is 66.7 Å². The molecule has 0 saturated carbocycles. The molecule has 1 fully saturated rings. The van der Waals surface area contributed by atoms with Crippen LogP contribution in [-0.2, 0) is 0 Å². The second-order valence-electron chi connectivity index (χ2n) is 8.33.